The molecule has 0 aromatic carbocycles. The second-order valence-electron chi connectivity index (χ2n) is 4.55. The Hall–Kier alpha value is -0.292. The van der Waals surface area contributed by atoms with Gasteiger partial charge in [0, 0.05) is 0 Å². The molecule has 0 aliphatic heterocycles. The zero-order valence-corrected chi connectivity index (χ0v) is 13.2. The molecule has 0 saturated heterocycles. The standard InChI is InChI=1S/C13H19N.W/c1-9(2)6-12(5)14-13-8-10(3)7-11(13)4;/h8-9H,7H2,1-5H3;. The fraction of sp³-hybridized carbons (Fsp3) is 0.538. The van der Waals surface area contributed by atoms with Gasteiger partial charge in [0.05, 0.1) is 0 Å². The summed E-state index contributed by atoms with van der Waals surface area (Å²) in [7, 11) is 0. The Balaban J connectivity index is 2.89. The number of allylic oxidation sites excluding steroid dienone is 3. The zero-order valence-electron chi connectivity index (χ0n) is 10.2. The van der Waals surface area contributed by atoms with Gasteiger partial charge in [-0.15, -0.1) is 0 Å². The molecule has 0 bridgehead atoms. The van der Waals surface area contributed by atoms with Gasteiger partial charge in [0.15, 0.2) is 0 Å². The predicted molar refractivity (Wildman–Crippen MR) is 64.0 cm³/mol. The van der Waals surface area contributed by atoms with Crippen LogP contribution in [-0.2, 0) is 19.4 Å². The molecule has 0 N–H and O–H groups in total. The zero-order chi connectivity index (χ0) is 11.6. The van der Waals surface area contributed by atoms with Gasteiger partial charge in [-0.2, -0.15) is 0 Å². The molecule has 1 aliphatic carbocycles. The molecule has 0 unspecified atom stereocenters. The van der Waals surface area contributed by atoms with Gasteiger partial charge in [0.2, 0.25) is 0 Å². The van der Waals surface area contributed by atoms with Gasteiger partial charge < -0.3 is 0 Å². The van der Waals surface area contributed by atoms with E-state index < -0.39 is 0 Å². The first-order valence-corrected chi connectivity index (χ1v) is 6.85. The van der Waals surface area contributed by atoms with E-state index in [1.165, 1.54) is 26.5 Å². The van der Waals surface area contributed by atoms with Crippen molar-refractivity contribution in [1.29, 1.82) is 0 Å². The summed E-state index contributed by atoms with van der Waals surface area (Å²) in [5.41, 5.74) is 5.22. The molecule has 1 rings (SSSR count). The molecular formula is C13H19NW. The van der Waals surface area contributed by atoms with Crippen molar-refractivity contribution in [2.75, 3.05) is 0 Å². The van der Waals surface area contributed by atoms with Crippen LogP contribution in [0.25, 0.3) is 0 Å². The van der Waals surface area contributed by atoms with E-state index >= 15 is 0 Å². The fourth-order valence-corrected chi connectivity index (χ4v) is 1.86. The number of rotatable bonds is 3. The summed E-state index contributed by atoms with van der Waals surface area (Å²) in [5, 5.41) is 0. The Labute approximate surface area is 104 Å². The molecule has 82 valence electrons. The average Bonchev–Trinajstić information content (AvgIpc) is 2.43. The van der Waals surface area contributed by atoms with Crippen LogP contribution in [0.4, 0.5) is 0 Å². The van der Waals surface area contributed by atoms with Gasteiger partial charge in [-0.05, 0) is 0 Å². The SMILES string of the molecule is CC1=CC(N=C(C)[C](=[W])C(C)C)=C(C)C1. The Morgan fingerprint density at radius 1 is 1.40 bits per heavy atom. The molecule has 0 atom stereocenters. The first-order chi connectivity index (χ1) is 6.91. The van der Waals surface area contributed by atoms with Crippen molar-refractivity contribution in [2.45, 2.75) is 41.0 Å². The van der Waals surface area contributed by atoms with E-state index in [-0.39, 0.29) is 0 Å². The third-order valence-corrected chi connectivity index (χ3v) is 5.29. The Morgan fingerprint density at radius 2 is 2.00 bits per heavy atom. The van der Waals surface area contributed by atoms with Crippen molar-refractivity contribution in [2.24, 2.45) is 10.9 Å². The van der Waals surface area contributed by atoms with Crippen molar-refractivity contribution in [3.63, 3.8) is 0 Å². The van der Waals surface area contributed by atoms with Crippen LogP contribution in [0.5, 0.6) is 0 Å². The number of aliphatic imine (C=N–C) groups is 1. The summed E-state index contributed by atoms with van der Waals surface area (Å²) in [6.45, 7) is 10.9. The summed E-state index contributed by atoms with van der Waals surface area (Å²) in [5.74, 6) is 0.621. The van der Waals surface area contributed by atoms with Gasteiger partial charge in [-0.25, -0.2) is 0 Å². The van der Waals surface area contributed by atoms with E-state index in [9.17, 15) is 0 Å². The molecule has 15 heavy (non-hydrogen) atoms. The van der Waals surface area contributed by atoms with Crippen molar-refractivity contribution < 1.29 is 19.4 Å². The Bertz CT molecular complexity index is 370. The third kappa shape index (κ3) is 3.34. The van der Waals surface area contributed by atoms with E-state index in [1.807, 2.05) is 0 Å². The van der Waals surface area contributed by atoms with E-state index in [0.717, 1.165) is 6.42 Å². The molecule has 0 heterocycles. The van der Waals surface area contributed by atoms with Gasteiger partial charge in [-0.3, -0.25) is 0 Å². The van der Waals surface area contributed by atoms with Gasteiger partial charge in [-0.1, -0.05) is 0 Å². The van der Waals surface area contributed by atoms with Crippen LogP contribution in [0.3, 0.4) is 0 Å². The molecule has 0 radical (unpaired) electrons. The van der Waals surface area contributed by atoms with Crippen LogP contribution in [0.15, 0.2) is 27.9 Å². The van der Waals surface area contributed by atoms with E-state index in [2.05, 4.69) is 40.7 Å². The van der Waals surface area contributed by atoms with Crippen molar-refractivity contribution >= 4 is 9.61 Å². The van der Waals surface area contributed by atoms with E-state index in [0.29, 0.717) is 5.92 Å². The van der Waals surface area contributed by atoms with Crippen LogP contribution in [-0.4, -0.2) is 9.61 Å². The maximum absolute atomic E-state index is 4.73. The van der Waals surface area contributed by atoms with Crippen molar-refractivity contribution in [1.82, 2.24) is 0 Å². The van der Waals surface area contributed by atoms with Crippen LogP contribution < -0.4 is 0 Å². The van der Waals surface area contributed by atoms with Crippen LogP contribution in [0, 0.1) is 5.92 Å². The van der Waals surface area contributed by atoms with Crippen molar-refractivity contribution in [3.8, 4) is 0 Å². The second kappa shape index (κ2) is 5.16. The summed E-state index contributed by atoms with van der Waals surface area (Å²) in [4.78, 5) is 4.73. The molecule has 0 saturated carbocycles. The molecule has 0 spiro atoms. The molecule has 2 heteroatoms. The summed E-state index contributed by atoms with van der Waals surface area (Å²) in [6.07, 6.45) is 3.31. The molecule has 0 amide bonds. The molecule has 0 fully saturated rings. The first-order valence-electron chi connectivity index (χ1n) is 5.38. The third-order valence-electron chi connectivity index (χ3n) is 2.53. The van der Waals surface area contributed by atoms with Crippen molar-refractivity contribution in [3.05, 3.63) is 22.9 Å². The second-order valence-corrected chi connectivity index (χ2v) is 6.13. The van der Waals surface area contributed by atoms with E-state index in [1.54, 1.807) is 19.4 Å². The first kappa shape index (κ1) is 12.8. The summed E-state index contributed by atoms with van der Waals surface area (Å²) < 4.78 is 1.47. The quantitative estimate of drug-likeness (QED) is 0.673. The van der Waals surface area contributed by atoms with E-state index in [4.69, 9.17) is 4.99 Å². The number of hydrogen-bond acceptors (Lipinski definition) is 1. The Kier molecular flexibility index (Phi) is 4.40. The molecule has 1 aliphatic rings. The minimum absolute atomic E-state index is 0.621. The van der Waals surface area contributed by atoms with Crippen LogP contribution in [0.1, 0.15) is 41.0 Å². The fourth-order valence-electron chi connectivity index (χ4n) is 1.70. The Morgan fingerprint density at radius 3 is 2.40 bits per heavy atom. The monoisotopic (exact) mass is 373 g/mol. The van der Waals surface area contributed by atoms with Gasteiger partial charge >= 0.3 is 104 Å². The molecule has 0 aromatic heterocycles. The number of hydrogen-bond donors (Lipinski definition) is 0. The normalized spacial score (nSPS) is 17.5. The van der Waals surface area contributed by atoms with Gasteiger partial charge in [0.1, 0.15) is 0 Å². The molecule has 1 nitrogen and oxygen atoms in total. The van der Waals surface area contributed by atoms with Crippen LogP contribution >= 0.6 is 0 Å². The predicted octanol–water partition coefficient (Wildman–Crippen LogP) is 3.45. The minimum atomic E-state index is 0.621. The molecule has 0 aromatic rings. The summed E-state index contributed by atoms with van der Waals surface area (Å²) in [6, 6.07) is 0. The van der Waals surface area contributed by atoms with Crippen LogP contribution in [0.2, 0.25) is 0 Å². The summed E-state index contributed by atoms with van der Waals surface area (Å²) >= 11 is 1.54. The number of nitrogens with zero attached hydrogens (tertiary/aromatic N) is 1. The van der Waals surface area contributed by atoms with Gasteiger partial charge in [0.25, 0.3) is 0 Å². The maximum atomic E-state index is 4.73. The average molecular weight is 373 g/mol. The topological polar surface area (TPSA) is 12.4 Å². The molecular weight excluding hydrogens is 354 g/mol.